The van der Waals surface area contributed by atoms with E-state index in [-0.39, 0.29) is 0 Å². The number of ether oxygens (including phenoxy) is 2. The van der Waals surface area contributed by atoms with E-state index < -0.39 is 0 Å². The Balaban J connectivity index is 2.28. The number of hydrogen-bond donors (Lipinski definition) is 0. The maximum Gasteiger partial charge on any atom is 0.205 e. The molecule has 0 aliphatic heterocycles. The average molecular weight is 364 g/mol. The molecule has 2 heterocycles. The van der Waals surface area contributed by atoms with Gasteiger partial charge in [0.25, 0.3) is 0 Å². The summed E-state index contributed by atoms with van der Waals surface area (Å²) < 4.78 is 18.9. The Hall–Kier alpha value is -2.28. The Labute approximate surface area is 135 Å². The molecule has 0 fully saturated rings. The molecule has 0 unspecified atom stereocenters. The van der Waals surface area contributed by atoms with E-state index in [0.29, 0.717) is 33.5 Å². The molecule has 2 aromatic heterocycles. The molecule has 0 aliphatic rings. The lowest BCUT2D eigenvalue weighted by Gasteiger charge is -2.15. The monoisotopic (exact) mass is 363 g/mol. The van der Waals surface area contributed by atoms with Gasteiger partial charge >= 0.3 is 0 Å². The van der Waals surface area contributed by atoms with E-state index in [4.69, 9.17) is 13.9 Å². The van der Waals surface area contributed by atoms with E-state index in [9.17, 15) is 0 Å². The molecule has 0 saturated heterocycles. The molecule has 0 N–H and O–H groups in total. The number of benzene rings is 1. The maximum absolute atomic E-state index is 5.67. The van der Waals surface area contributed by atoms with Crippen molar-refractivity contribution in [3.8, 4) is 28.8 Å². The maximum atomic E-state index is 5.67. The van der Waals surface area contributed by atoms with Crippen molar-refractivity contribution in [1.29, 1.82) is 0 Å². The van der Waals surface area contributed by atoms with Crippen molar-refractivity contribution < 1.29 is 13.9 Å². The van der Waals surface area contributed by atoms with E-state index in [0.717, 1.165) is 5.76 Å². The van der Waals surface area contributed by atoms with E-state index in [2.05, 4.69) is 26.1 Å². The van der Waals surface area contributed by atoms with E-state index in [1.54, 1.807) is 18.8 Å². The fourth-order valence-electron chi connectivity index (χ4n) is 2.23. The number of nitrogens with zero attached hydrogens (tertiary/aromatic N) is 3. The van der Waals surface area contributed by atoms with Crippen LogP contribution in [-0.2, 0) is 0 Å². The first-order chi connectivity index (χ1) is 10.7. The van der Waals surface area contributed by atoms with Gasteiger partial charge in [0.15, 0.2) is 5.76 Å². The standard InChI is InChI=1S/C15H14BrN3O3/c1-9-7-8-12(22-9)14-17-18-15(16)19(14)13-10(20-2)5-4-6-11(13)21-3/h4-8H,1-3H3. The Bertz CT molecular complexity index is 788. The Morgan fingerprint density at radius 2 is 1.73 bits per heavy atom. The topological polar surface area (TPSA) is 62.3 Å². The fraction of sp³-hybridized carbons (Fsp3) is 0.200. The highest BCUT2D eigenvalue weighted by molar-refractivity contribution is 9.10. The summed E-state index contributed by atoms with van der Waals surface area (Å²) in [6, 6.07) is 9.28. The number of furan rings is 1. The second-order valence-electron chi connectivity index (χ2n) is 4.55. The van der Waals surface area contributed by atoms with Gasteiger partial charge in [0.2, 0.25) is 10.6 Å². The van der Waals surface area contributed by atoms with Crippen LogP contribution in [0.15, 0.2) is 39.5 Å². The van der Waals surface area contributed by atoms with Crippen molar-refractivity contribution in [2.75, 3.05) is 14.2 Å². The molecule has 0 aliphatic carbocycles. The van der Waals surface area contributed by atoms with Crippen molar-refractivity contribution in [3.05, 3.63) is 40.8 Å². The molecule has 0 saturated carbocycles. The normalized spacial score (nSPS) is 10.7. The second-order valence-corrected chi connectivity index (χ2v) is 5.26. The summed E-state index contributed by atoms with van der Waals surface area (Å²) in [5.41, 5.74) is 0.702. The van der Waals surface area contributed by atoms with Crippen LogP contribution in [0.25, 0.3) is 17.3 Å². The average Bonchev–Trinajstić information content (AvgIpc) is 3.12. The minimum Gasteiger partial charge on any atom is -0.494 e. The summed E-state index contributed by atoms with van der Waals surface area (Å²) in [5.74, 6) is 3.26. The summed E-state index contributed by atoms with van der Waals surface area (Å²) in [4.78, 5) is 0. The van der Waals surface area contributed by atoms with Crippen LogP contribution >= 0.6 is 15.9 Å². The number of para-hydroxylation sites is 1. The smallest absolute Gasteiger partial charge is 0.205 e. The molecule has 0 amide bonds. The van der Waals surface area contributed by atoms with E-state index in [1.165, 1.54) is 0 Å². The number of methoxy groups -OCH3 is 2. The largest absolute Gasteiger partial charge is 0.494 e. The molecule has 3 rings (SSSR count). The number of halogens is 1. The van der Waals surface area contributed by atoms with Crippen molar-refractivity contribution >= 4 is 15.9 Å². The third-order valence-electron chi connectivity index (χ3n) is 3.21. The first-order valence-corrected chi connectivity index (χ1v) is 7.34. The molecule has 0 atom stereocenters. The van der Waals surface area contributed by atoms with Gasteiger partial charge in [-0.3, -0.25) is 4.57 Å². The summed E-state index contributed by atoms with van der Waals surface area (Å²) in [6.45, 7) is 1.88. The van der Waals surface area contributed by atoms with Crippen LogP contribution in [0.3, 0.4) is 0 Å². The Morgan fingerprint density at radius 1 is 1.05 bits per heavy atom. The van der Waals surface area contributed by atoms with Crippen LogP contribution in [0.2, 0.25) is 0 Å². The first kappa shape index (κ1) is 14.6. The van der Waals surface area contributed by atoms with Gasteiger partial charge in [-0.15, -0.1) is 10.2 Å². The number of aromatic nitrogens is 3. The van der Waals surface area contributed by atoms with Crippen molar-refractivity contribution in [3.63, 3.8) is 0 Å². The predicted molar refractivity (Wildman–Crippen MR) is 84.6 cm³/mol. The fourth-order valence-corrected chi connectivity index (χ4v) is 2.65. The minimum atomic E-state index is 0.527. The molecule has 6 nitrogen and oxygen atoms in total. The number of rotatable bonds is 4. The van der Waals surface area contributed by atoms with Crippen LogP contribution < -0.4 is 9.47 Å². The van der Waals surface area contributed by atoms with Gasteiger partial charge in [-0.05, 0) is 47.1 Å². The predicted octanol–water partition coefficient (Wildman–Crippen LogP) is 3.62. The lowest BCUT2D eigenvalue weighted by atomic mass is 10.2. The Kier molecular flexibility index (Phi) is 3.89. The zero-order valence-corrected chi connectivity index (χ0v) is 13.9. The van der Waals surface area contributed by atoms with Gasteiger partial charge in [-0.2, -0.15) is 0 Å². The summed E-state index contributed by atoms with van der Waals surface area (Å²) in [5, 5.41) is 8.28. The second kappa shape index (κ2) is 5.84. The number of hydrogen-bond acceptors (Lipinski definition) is 5. The van der Waals surface area contributed by atoms with Gasteiger partial charge in [0.1, 0.15) is 22.9 Å². The molecule has 0 bridgehead atoms. The van der Waals surface area contributed by atoms with Crippen molar-refractivity contribution in [1.82, 2.24) is 14.8 Å². The zero-order valence-electron chi connectivity index (χ0n) is 12.3. The molecule has 114 valence electrons. The Morgan fingerprint density at radius 3 is 2.27 bits per heavy atom. The van der Waals surface area contributed by atoms with Crippen molar-refractivity contribution in [2.24, 2.45) is 0 Å². The zero-order chi connectivity index (χ0) is 15.7. The third-order valence-corrected chi connectivity index (χ3v) is 3.72. The molecular weight excluding hydrogens is 350 g/mol. The first-order valence-electron chi connectivity index (χ1n) is 6.54. The summed E-state index contributed by atoms with van der Waals surface area (Å²) in [6.07, 6.45) is 0. The van der Waals surface area contributed by atoms with Gasteiger partial charge in [-0.1, -0.05) is 6.07 Å². The molecular formula is C15H14BrN3O3. The lowest BCUT2D eigenvalue weighted by molar-refractivity contribution is 0.390. The van der Waals surface area contributed by atoms with E-state index >= 15 is 0 Å². The molecule has 1 aromatic carbocycles. The minimum absolute atomic E-state index is 0.527. The molecule has 3 aromatic rings. The van der Waals surface area contributed by atoms with Crippen molar-refractivity contribution in [2.45, 2.75) is 6.92 Å². The quantitative estimate of drug-likeness (QED) is 0.708. The van der Waals surface area contributed by atoms with Gasteiger partial charge in [0.05, 0.1) is 14.2 Å². The lowest BCUT2D eigenvalue weighted by Crippen LogP contribution is -2.03. The van der Waals surface area contributed by atoms with Gasteiger partial charge in [0, 0.05) is 0 Å². The van der Waals surface area contributed by atoms with Crippen LogP contribution in [0.4, 0.5) is 0 Å². The SMILES string of the molecule is COc1cccc(OC)c1-n1c(Br)nnc1-c1ccc(C)o1. The van der Waals surface area contributed by atoms with Crippen LogP contribution in [0, 0.1) is 6.92 Å². The summed E-state index contributed by atoms with van der Waals surface area (Å²) in [7, 11) is 3.21. The highest BCUT2D eigenvalue weighted by Crippen LogP contribution is 2.37. The molecule has 0 radical (unpaired) electrons. The highest BCUT2D eigenvalue weighted by atomic mass is 79.9. The number of aryl methyl sites for hydroxylation is 1. The van der Waals surface area contributed by atoms with Gasteiger partial charge < -0.3 is 13.9 Å². The molecule has 22 heavy (non-hydrogen) atoms. The third kappa shape index (κ3) is 2.37. The highest BCUT2D eigenvalue weighted by Gasteiger charge is 2.22. The van der Waals surface area contributed by atoms with Crippen LogP contribution in [0.5, 0.6) is 11.5 Å². The van der Waals surface area contributed by atoms with E-state index in [1.807, 2.05) is 37.3 Å². The molecule has 0 spiro atoms. The summed E-state index contributed by atoms with van der Waals surface area (Å²) >= 11 is 3.42. The van der Waals surface area contributed by atoms with Gasteiger partial charge in [-0.25, -0.2) is 0 Å². The molecule has 7 heteroatoms. The van der Waals surface area contributed by atoms with Crippen LogP contribution in [-0.4, -0.2) is 29.0 Å². The van der Waals surface area contributed by atoms with Crippen LogP contribution in [0.1, 0.15) is 5.76 Å².